The van der Waals surface area contributed by atoms with E-state index in [-0.39, 0.29) is 23.7 Å². The zero-order valence-corrected chi connectivity index (χ0v) is 18.2. The Labute approximate surface area is 182 Å². The average molecular weight is 421 g/mol. The van der Waals surface area contributed by atoms with E-state index in [0.717, 1.165) is 22.5 Å². The highest BCUT2D eigenvalue weighted by Gasteiger charge is 2.48. The third kappa shape index (κ3) is 6.15. The molecule has 0 bridgehead atoms. The van der Waals surface area contributed by atoms with Crippen molar-refractivity contribution >= 4 is 35.6 Å². The van der Waals surface area contributed by atoms with Crippen LogP contribution < -0.4 is 20.7 Å². The number of hydrogen-bond donors (Lipinski definition) is 2. The molecule has 0 aromatic heterocycles. The fraction of sp³-hybridized carbons (Fsp3) is 0.304. The third-order valence-electron chi connectivity index (χ3n) is 5.06. The molecule has 8 heteroatoms. The molecule has 2 atom stereocenters. The van der Waals surface area contributed by atoms with Gasteiger partial charge in [0.05, 0.1) is 24.3 Å². The molecule has 2 aromatic rings. The van der Waals surface area contributed by atoms with Crippen LogP contribution in [0.5, 0.6) is 0 Å². The maximum atomic E-state index is 12.2. The Morgan fingerprint density at radius 3 is 1.42 bits per heavy atom. The molecular formula is C23H28N6O2. The fourth-order valence-corrected chi connectivity index (χ4v) is 3.00. The van der Waals surface area contributed by atoms with Crippen LogP contribution in [0.15, 0.2) is 58.7 Å². The van der Waals surface area contributed by atoms with Crippen LogP contribution in [0.25, 0.3) is 0 Å². The number of nitrogens with one attached hydrogen (secondary N) is 2. The van der Waals surface area contributed by atoms with E-state index < -0.39 is 0 Å². The first-order valence-corrected chi connectivity index (χ1v) is 10.1. The second-order valence-electron chi connectivity index (χ2n) is 7.89. The van der Waals surface area contributed by atoms with Gasteiger partial charge >= 0.3 is 0 Å². The zero-order valence-electron chi connectivity index (χ0n) is 18.2. The summed E-state index contributed by atoms with van der Waals surface area (Å²) in [6.45, 7) is 0. The van der Waals surface area contributed by atoms with Gasteiger partial charge in [0.15, 0.2) is 0 Å². The number of amides is 2. The second kappa shape index (κ2) is 9.88. The Kier molecular flexibility index (Phi) is 7.02. The van der Waals surface area contributed by atoms with E-state index in [4.69, 9.17) is 0 Å². The number of hydrazone groups is 2. The van der Waals surface area contributed by atoms with Gasteiger partial charge in [-0.1, -0.05) is 24.3 Å². The molecule has 1 aliphatic rings. The van der Waals surface area contributed by atoms with Crippen molar-refractivity contribution in [3.63, 3.8) is 0 Å². The topological polar surface area (TPSA) is 89.4 Å². The lowest BCUT2D eigenvalue weighted by Crippen LogP contribution is -2.25. The van der Waals surface area contributed by atoms with E-state index in [1.807, 2.05) is 86.5 Å². The van der Waals surface area contributed by atoms with Crippen molar-refractivity contribution in [2.24, 2.45) is 22.0 Å². The molecule has 162 valence electrons. The first kappa shape index (κ1) is 22.0. The van der Waals surface area contributed by atoms with Crippen molar-refractivity contribution in [1.82, 2.24) is 10.9 Å². The van der Waals surface area contributed by atoms with E-state index in [0.29, 0.717) is 6.42 Å². The molecule has 0 spiro atoms. The van der Waals surface area contributed by atoms with E-state index in [9.17, 15) is 9.59 Å². The number of rotatable bonds is 8. The lowest BCUT2D eigenvalue weighted by atomic mass is 10.2. The van der Waals surface area contributed by atoms with Crippen molar-refractivity contribution < 1.29 is 9.59 Å². The van der Waals surface area contributed by atoms with Crippen LogP contribution in [-0.4, -0.2) is 52.4 Å². The fourth-order valence-electron chi connectivity index (χ4n) is 3.00. The van der Waals surface area contributed by atoms with Crippen LogP contribution in [0.4, 0.5) is 11.4 Å². The van der Waals surface area contributed by atoms with Crippen LogP contribution in [0.3, 0.4) is 0 Å². The van der Waals surface area contributed by atoms with Gasteiger partial charge in [-0.05, 0) is 41.8 Å². The number of carbonyl (C=O) groups is 2. The largest absolute Gasteiger partial charge is 0.378 e. The highest BCUT2D eigenvalue weighted by atomic mass is 16.2. The normalized spacial score (nSPS) is 17.5. The van der Waals surface area contributed by atoms with E-state index in [1.54, 1.807) is 12.4 Å². The Morgan fingerprint density at radius 2 is 1.10 bits per heavy atom. The van der Waals surface area contributed by atoms with Gasteiger partial charge in [-0.3, -0.25) is 9.59 Å². The Balaban J connectivity index is 1.42. The van der Waals surface area contributed by atoms with Gasteiger partial charge in [-0.15, -0.1) is 0 Å². The SMILES string of the molecule is CN(C)c1ccc(C=NNC(=O)C2C[C@@H]2C(=O)NN=Cc2ccc(N(C)C)cc2)cc1. The van der Waals surface area contributed by atoms with Gasteiger partial charge in [0.25, 0.3) is 0 Å². The molecule has 31 heavy (non-hydrogen) atoms. The number of nitrogens with zero attached hydrogens (tertiary/aromatic N) is 4. The minimum absolute atomic E-state index is 0.260. The molecule has 1 saturated carbocycles. The van der Waals surface area contributed by atoms with Gasteiger partial charge in [0, 0.05) is 39.6 Å². The monoisotopic (exact) mass is 420 g/mol. The van der Waals surface area contributed by atoms with Crippen LogP contribution in [-0.2, 0) is 9.59 Å². The second-order valence-corrected chi connectivity index (χ2v) is 7.89. The van der Waals surface area contributed by atoms with Gasteiger partial charge in [0.2, 0.25) is 11.8 Å². The van der Waals surface area contributed by atoms with Crippen LogP contribution in [0.2, 0.25) is 0 Å². The Morgan fingerprint density at radius 1 is 0.742 bits per heavy atom. The van der Waals surface area contributed by atoms with E-state index in [2.05, 4.69) is 21.1 Å². The summed E-state index contributed by atoms with van der Waals surface area (Å²) in [6, 6.07) is 15.6. The van der Waals surface area contributed by atoms with Crippen LogP contribution >= 0.6 is 0 Å². The van der Waals surface area contributed by atoms with E-state index in [1.165, 1.54) is 0 Å². The van der Waals surface area contributed by atoms with Crippen molar-refractivity contribution in [3.05, 3.63) is 59.7 Å². The van der Waals surface area contributed by atoms with E-state index >= 15 is 0 Å². The summed E-state index contributed by atoms with van der Waals surface area (Å²) in [7, 11) is 7.89. The number of hydrogen-bond acceptors (Lipinski definition) is 6. The quantitative estimate of drug-likeness (QED) is 0.505. The lowest BCUT2D eigenvalue weighted by Gasteiger charge is -2.11. The smallest absolute Gasteiger partial charge is 0.244 e. The molecule has 0 aliphatic heterocycles. The predicted octanol–water partition coefficient (Wildman–Crippen LogP) is 2.06. The summed E-state index contributed by atoms with van der Waals surface area (Å²) in [5.74, 6) is -1.26. The Hall–Kier alpha value is -3.68. The number of anilines is 2. The molecule has 0 radical (unpaired) electrons. The van der Waals surface area contributed by atoms with Crippen molar-refractivity contribution in [3.8, 4) is 0 Å². The lowest BCUT2D eigenvalue weighted by molar-refractivity contribution is -0.127. The van der Waals surface area contributed by atoms with Gasteiger partial charge in [-0.2, -0.15) is 10.2 Å². The molecule has 1 unspecified atom stereocenters. The summed E-state index contributed by atoms with van der Waals surface area (Å²) >= 11 is 0. The number of carbonyl (C=O) groups excluding carboxylic acids is 2. The minimum Gasteiger partial charge on any atom is -0.378 e. The summed E-state index contributed by atoms with van der Waals surface area (Å²) in [4.78, 5) is 28.4. The molecule has 2 N–H and O–H groups in total. The first-order valence-electron chi connectivity index (χ1n) is 10.1. The van der Waals surface area contributed by atoms with Crippen LogP contribution in [0, 0.1) is 11.8 Å². The maximum Gasteiger partial charge on any atom is 0.244 e. The van der Waals surface area contributed by atoms with Gasteiger partial charge in [0.1, 0.15) is 0 Å². The van der Waals surface area contributed by atoms with Crippen molar-refractivity contribution in [2.75, 3.05) is 38.0 Å². The molecule has 1 fully saturated rings. The summed E-state index contributed by atoms with van der Waals surface area (Å²) in [5.41, 5.74) is 8.94. The molecule has 0 saturated heterocycles. The summed E-state index contributed by atoms with van der Waals surface area (Å²) in [6.07, 6.45) is 3.67. The molecule has 1 aliphatic carbocycles. The molecule has 0 heterocycles. The first-order chi connectivity index (χ1) is 14.8. The highest BCUT2D eigenvalue weighted by molar-refractivity contribution is 5.93. The molecule has 2 amide bonds. The van der Waals surface area contributed by atoms with Gasteiger partial charge < -0.3 is 9.80 Å². The average Bonchev–Trinajstić information content (AvgIpc) is 3.55. The zero-order chi connectivity index (χ0) is 22.4. The van der Waals surface area contributed by atoms with Crippen molar-refractivity contribution in [1.29, 1.82) is 0 Å². The van der Waals surface area contributed by atoms with Crippen LogP contribution in [0.1, 0.15) is 17.5 Å². The molecule has 8 nitrogen and oxygen atoms in total. The highest BCUT2D eigenvalue weighted by Crippen LogP contribution is 2.38. The Bertz CT molecular complexity index is 885. The summed E-state index contributed by atoms with van der Waals surface area (Å²) in [5, 5.41) is 7.98. The predicted molar refractivity (Wildman–Crippen MR) is 125 cm³/mol. The maximum absolute atomic E-state index is 12.2. The standard InChI is InChI=1S/C23H28N6O2/c1-28(2)18-9-5-16(6-10-18)14-24-26-22(30)20-13-21(20)23(31)27-25-15-17-7-11-19(12-8-17)29(3)4/h5-12,14-15,20-21H,13H2,1-4H3,(H,26,30)(H,27,31)/t20-,21?/m0/s1. The third-order valence-corrected chi connectivity index (χ3v) is 5.06. The minimum atomic E-state index is -0.372. The molecular weight excluding hydrogens is 392 g/mol. The van der Waals surface area contributed by atoms with Crippen molar-refractivity contribution in [2.45, 2.75) is 6.42 Å². The van der Waals surface area contributed by atoms with Gasteiger partial charge in [-0.25, -0.2) is 10.9 Å². The number of benzene rings is 2. The summed E-state index contributed by atoms with van der Waals surface area (Å²) < 4.78 is 0. The molecule has 2 aromatic carbocycles. The molecule has 3 rings (SSSR count).